The number of carbonyl (C=O) groups excluding carboxylic acids is 1. The van der Waals surface area contributed by atoms with Crippen LogP contribution >= 0.6 is 0 Å². The largest absolute Gasteiger partial charge is 0.444 e. The number of hydrogen-bond acceptors (Lipinski definition) is 4. The molecule has 0 atom stereocenters. The van der Waals surface area contributed by atoms with Crippen LogP contribution in [-0.2, 0) is 22.6 Å². The zero-order valence-corrected chi connectivity index (χ0v) is 15.8. The quantitative estimate of drug-likeness (QED) is 0.398. The first-order valence-corrected chi connectivity index (χ1v) is 8.32. The Morgan fingerprint density at radius 3 is 2.20 bits per heavy atom. The van der Waals surface area contributed by atoms with E-state index in [1.165, 1.54) is 0 Å². The lowest BCUT2D eigenvalue weighted by molar-refractivity contribution is 0.0529. The van der Waals surface area contributed by atoms with Crippen LogP contribution in [0.3, 0.4) is 0 Å². The van der Waals surface area contributed by atoms with Crippen molar-refractivity contribution in [2.75, 3.05) is 27.2 Å². The molecule has 140 valence electrons. The molecule has 0 spiro atoms. The molecule has 0 aliphatic heterocycles. The molecule has 3 N–H and O–H groups in total. The first-order chi connectivity index (χ1) is 11.8. The normalized spacial score (nSPS) is 11.8. The third-order valence-corrected chi connectivity index (χ3v) is 3.10. The molecule has 1 aromatic rings. The number of hydrogen-bond donors (Lipinski definition) is 3. The fourth-order valence-electron chi connectivity index (χ4n) is 1.99. The highest BCUT2D eigenvalue weighted by molar-refractivity contribution is 5.79. The molecule has 0 aromatic heterocycles. The fraction of sp³-hybridized carbons (Fsp3) is 0.556. The molecule has 7 nitrogen and oxygen atoms in total. The molecule has 0 bridgehead atoms. The van der Waals surface area contributed by atoms with E-state index in [2.05, 4.69) is 33.1 Å². The van der Waals surface area contributed by atoms with Crippen molar-refractivity contribution in [3.05, 3.63) is 35.4 Å². The van der Waals surface area contributed by atoms with Gasteiger partial charge in [0, 0.05) is 33.8 Å². The fourth-order valence-corrected chi connectivity index (χ4v) is 1.99. The van der Waals surface area contributed by atoms with E-state index in [1.54, 1.807) is 14.2 Å². The average Bonchev–Trinajstić information content (AvgIpc) is 2.54. The maximum atomic E-state index is 11.5. The zero-order chi connectivity index (χ0) is 18.7. The van der Waals surface area contributed by atoms with E-state index in [9.17, 15) is 4.79 Å². The molecule has 0 saturated carbocycles. The van der Waals surface area contributed by atoms with Gasteiger partial charge in [0.15, 0.2) is 5.96 Å². The summed E-state index contributed by atoms with van der Waals surface area (Å²) in [5.41, 5.74) is 1.80. The van der Waals surface area contributed by atoms with Gasteiger partial charge in [-0.3, -0.25) is 4.99 Å². The zero-order valence-electron chi connectivity index (χ0n) is 15.8. The first kappa shape index (κ1) is 20.8. The predicted molar refractivity (Wildman–Crippen MR) is 99.6 cm³/mol. The van der Waals surface area contributed by atoms with Gasteiger partial charge in [-0.1, -0.05) is 24.3 Å². The Labute approximate surface area is 150 Å². The van der Waals surface area contributed by atoms with Crippen LogP contribution in [0, 0.1) is 0 Å². The van der Waals surface area contributed by atoms with Crippen LogP contribution in [0.1, 0.15) is 31.9 Å². The van der Waals surface area contributed by atoms with E-state index in [1.807, 2.05) is 32.9 Å². The van der Waals surface area contributed by atoms with Crippen LogP contribution in [0.15, 0.2) is 29.3 Å². The van der Waals surface area contributed by atoms with Gasteiger partial charge in [0.05, 0.1) is 6.61 Å². The highest BCUT2D eigenvalue weighted by atomic mass is 16.6. The van der Waals surface area contributed by atoms with Crippen molar-refractivity contribution in [2.45, 2.75) is 39.5 Å². The van der Waals surface area contributed by atoms with Crippen LogP contribution in [-0.4, -0.2) is 44.9 Å². The van der Waals surface area contributed by atoms with Crippen molar-refractivity contribution >= 4 is 12.1 Å². The Morgan fingerprint density at radius 2 is 1.64 bits per heavy atom. The van der Waals surface area contributed by atoms with E-state index in [0.717, 1.165) is 11.1 Å². The lowest BCUT2D eigenvalue weighted by atomic mass is 10.1. The topological polar surface area (TPSA) is 84.0 Å². The van der Waals surface area contributed by atoms with Gasteiger partial charge in [-0.15, -0.1) is 0 Å². The smallest absolute Gasteiger partial charge is 0.407 e. The van der Waals surface area contributed by atoms with Crippen molar-refractivity contribution in [1.29, 1.82) is 0 Å². The summed E-state index contributed by atoms with van der Waals surface area (Å²) in [6, 6.07) is 8.19. The van der Waals surface area contributed by atoms with E-state index in [4.69, 9.17) is 9.47 Å². The summed E-state index contributed by atoms with van der Waals surface area (Å²) >= 11 is 0. The maximum Gasteiger partial charge on any atom is 0.407 e. The Morgan fingerprint density at radius 1 is 1.04 bits per heavy atom. The number of benzene rings is 1. The SMILES string of the molecule is CN=C(NCCNC(=O)OC(C)(C)C)NCc1ccc(COC)cc1. The number of rotatable bonds is 7. The van der Waals surface area contributed by atoms with Crippen LogP contribution in [0.5, 0.6) is 0 Å². The van der Waals surface area contributed by atoms with E-state index >= 15 is 0 Å². The number of nitrogens with one attached hydrogen (secondary N) is 3. The lowest BCUT2D eigenvalue weighted by Crippen LogP contribution is -2.42. The summed E-state index contributed by atoms with van der Waals surface area (Å²) in [4.78, 5) is 15.7. The molecule has 7 heteroatoms. The molecule has 0 heterocycles. The second-order valence-electron chi connectivity index (χ2n) is 6.53. The molecule has 25 heavy (non-hydrogen) atoms. The van der Waals surface area contributed by atoms with E-state index in [0.29, 0.717) is 32.2 Å². The molecule has 0 saturated heterocycles. The monoisotopic (exact) mass is 350 g/mol. The molecule has 0 aliphatic carbocycles. The number of guanidine groups is 1. The summed E-state index contributed by atoms with van der Waals surface area (Å²) < 4.78 is 10.3. The van der Waals surface area contributed by atoms with Crippen molar-refractivity contribution in [3.8, 4) is 0 Å². The number of aliphatic imine (C=N–C) groups is 1. The summed E-state index contributed by atoms with van der Waals surface area (Å²) in [7, 11) is 3.39. The van der Waals surface area contributed by atoms with Crippen molar-refractivity contribution in [2.24, 2.45) is 4.99 Å². The molecule has 0 radical (unpaired) electrons. The van der Waals surface area contributed by atoms with Crippen molar-refractivity contribution in [3.63, 3.8) is 0 Å². The average molecular weight is 350 g/mol. The maximum absolute atomic E-state index is 11.5. The minimum Gasteiger partial charge on any atom is -0.444 e. The van der Waals surface area contributed by atoms with Gasteiger partial charge in [0.1, 0.15) is 5.60 Å². The van der Waals surface area contributed by atoms with Crippen LogP contribution in [0.4, 0.5) is 4.79 Å². The lowest BCUT2D eigenvalue weighted by Gasteiger charge is -2.20. The molecule has 1 rings (SSSR count). The van der Waals surface area contributed by atoms with Gasteiger partial charge < -0.3 is 25.4 Å². The number of alkyl carbamates (subject to hydrolysis) is 1. The Bertz CT molecular complexity index is 550. The number of methoxy groups -OCH3 is 1. The standard InChI is InChI=1S/C18H30N4O3/c1-18(2,3)25-17(23)21-11-10-20-16(19-4)22-12-14-6-8-15(9-7-14)13-24-5/h6-9H,10-13H2,1-5H3,(H,21,23)(H2,19,20,22). The highest BCUT2D eigenvalue weighted by Gasteiger charge is 2.15. The summed E-state index contributed by atoms with van der Waals surface area (Å²) in [5, 5.41) is 9.06. The summed E-state index contributed by atoms with van der Waals surface area (Å²) in [6.07, 6.45) is -0.423. The number of ether oxygens (including phenoxy) is 2. The minimum absolute atomic E-state index is 0.423. The van der Waals surface area contributed by atoms with Gasteiger partial charge in [0.2, 0.25) is 0 Å². The highest BCUT2D eigenvalue weighted by Crippen LogP contribution is 2.06. The van der Waals surface area contributed by atoms with E-state index in [-0.39, 0.29) is 0 Å². The Balaban J connectivity index is 2.27. The van der Waals surface area contributed by atoms with Gasteiger partial charge in [-0.05, 0) is 31.9 Å². The van der Waals surface area contributed by atoms with Crippen molar-refractivity contribution < 1.29 is 14.3 Å². The summed E-state index contributed by atoms with van der Waals surface area (Å²) in [6.45, 7) is 7.76. The van der Waals surface area contributed by atoms with Gasteiger partial charge in [-0.2, -0.15) is 0 Å². The van der Waals surface area contributed by atoms with Crippen LogP contribution in [0.2, 0.25) is 0 Å². The van der Waals surface area contributed by atoms with Gasteiger partial charge >= 0.3 is 6.09 Å². The first-order valence-electron chi connectivity index (χ1n) is 8.32. The number of nitrogens with zero attached hydrogens (tertiary/aromatic N) is 1. The molecule has 1 amide bonds. The minimum atomic E-state index is -0.492. The van der Waals surface area contributed by atoms with Crippen LogP contribution < -0.4 is 16.0 Å². The molecule has 0 aliphatic rings. The molecular formula is C18H30N4O3. The van der Waals surface area contributed by atoms with Crippen LogP contribution in [0.25, 0.3) is 0 Å². The van der Waals surface area contributed by atoms with Gasteiger partial charge in [0.25, 0.3) is 0 Å². The van der Waals surface area contributed by atoms with Gasteiger partial charge in [-0.25, -0.2) is 4.79 Å². The summed E-state index contributed by atoms with van der Waals surface area (Å²) in [5.74, 6) is 0.673. The number of amides is 1. The third kappa shape index (κ3) is 9.56. The molecule has 1 aromatic carbocycles. The third-order valence-electron chi connectivity index (χ3n) is 3.10. The predicted octanol–water partition coefficient (Wildman–Crippen LogP) is 2.02. The molecule has 0 fully saturated rings. The Hall–Kier alpha value is -2.28. The Kier molecular flexibility index (Phi) is 8.77. The second-order valence-corrected chi connectivity index (χ2v) is 6.53. The second kappa shape index (κ2) is 10.6. The molecular weight excluding hydrogens is 320 g/mol. The van der Waals surface area contributed by atoms with Crippen molar-refractivity contribution in [1.82, 2.24) is 16.0 Å². The molecule has 0 unspecified atom stereocenters. The van der Waals surface area contributed by atoms with E-state index < -0.39 is 11.7 Å². The number of carbonyl (C=O) groups is 1.